The molecular weight excluding hydrogens is 460 g/mol. The molecule has 0 radical (unpaired) electrons. The summed E-state index contributed by atoms with van der Waals surface area (Å²) < 4.78 is 32.8. The first-order chi connectivity index (χ1) is 17.5. The van der Waals surface area contributed by atoms with Crippen LogP contribution in [0.2, 0.25) is 0 Å². The van der Waals surface area contributed by atoms with Crippen molar-refractivity contribution in [2.45, 2.75) is 0 Å². The highest BCUT2D eigenvalue weighted by molar-refractivity contribution is 6.51. The van der Waals surface area contributed by atoms with Gasteiger partial charge in [0.15, 0.2) is 28.8 Å². The molecule has 3 aromatic rings. The lowest BCUT2D eigenvalue weighted by molar-refractivity contribution is -0.108. The third-order valence-corrected chi connectivity index (χ3v) is 5.99. The van der Waals surface area contributed by atoms with E-state index in [4.69, 9.17) is 28.4 Å². The number of carbonyl (C=O) groups is 1. The van der Waals surface area contributed by atoms with Crippen molar-refractivity contribution >= 4 is 29.1 Å². The number of Topliss-reactive ketones (excluding diaryl/α,β-unsaturated/α-hetero) is 1. The average molecular weight is 489 g/mol. The van der Waals surface area contributed by atoms with Gasteiger partial charge in [0.1, 0.15) is 0 Å². The van der Waals surface area contributed by atoms with E-state index in [-0.39, 0.29) is 5.78 Å². The third kappa shape index (κ3) is 4.35. The van der Waals surface area contributed by atoms with Crippen LogP contribution in [0.5, 0.6) is 34.5 Å². The molecule has 36 heavy (non-hydrogen) atoms. The van der Waals surface area contributed by atoms with E-state index in [0.29, 0.717) is 45.6 Å². The Bertz CT molecular complexity index is 1220. The van der Waals surface area contributed by atoms with Crippen LogP contribution in [-0.4, -0.2) is 48.4 Å². The number of methoxy groups -OCH3 is 6. The summed E-state index contributed by atoms with van der Waals surface area (Å²) >= 11 is 0. The average Bonchev–Trinajstić information content (AvgIpc) is 3.17. The normalized spacial score (nSPS) is 14.6. The molecule has 0 N–H and O–H groups in total. The Morgan fingerprint density at radius 3 is 1.14 bits per heavy atom. The second-order valence-electron chi connectivity index (χ2n) is 7.91. The van der Waals surface area contributed by atoms with E-state index in [9.17, 15) is 4.79 Å². The number of hydrogen-bond acceptors (Lipinski definition) is 7. The van der Waals surface area contributed by atoms with Crippen molar-refractivity contribution in [3.63, 3.8) is 0 Å². The number of fused-ring (bicyclic) bond motifs is 1. The van der Waals surface area contributed by atoms with Crippen LogP contribution in [-0.2, 0) is 4.79 Å². The van der Waals surface area contributed by atoms with Gasteiger partial charge in [-0.15, -0.1) is 0 Å². The van der Waals surface area contributed by atoms with Gasteiger partial charge in [-0.3, -0.25) is 4.79 Å². The summed E-state index contributed by atoms with van der Waals surface area (Å²) in [6.07, 6.45) is 3.67. The molecule has 1 aliphatic rings. The van der Waals surface area contributed by atoms with Crippen molar-refractivity contribution in [1.29, 1.82) is 0 Å². The van der Waals surface area contributed by atoms with E-state index >= 15 is 0 Å². The van der Waals surface area contributed by atoms with Crippen LogP contribution in [0.4, 0.5) is 0 Å². The maximum absolute atomic E-state index is 13.7. The van der Waals surface area contributed by atoms with Gasteiger partial charge in [0.2, 0.25) is 11.5 Å². The summed E-state index contributed by atoms with van der Waals surface area (Å²) in [5, 5.41) is 0. The molecule has 1 aliphatic carbocycles. The fraction of sp³-hybridized carbons (Fsp3) is 0.207. The predicted molar refractivity (Wildman–Crippen MR) is 139 cm³/mol. The molecular formula is C29H28O7. The zero-order valence-electron chi connectivity index (χ0n) is 21.1. The molecule has 0 saturated heterocycles. The molecule has 0 bridgehead atoms. The van der Waals surface area contributed by atoms with E-state index in [2.05, 4.69) is 0 Å². The molecule has 0 fully saturated rings. The van der Waals surface area contributed by atoms with Gasteiger partial charge in [-0.05, 0) is 58.7 Å². The van der Waals surface area contributed by atoms with E-state index < -0.39 is 0 Å². The fourth-order valence-electron chi connectivity index (χ4n) is 4.33. The molecule has 0 unspecified atom stereocenters. The van der Waals surface area contributed by atoms with Crippen LogP contribution in [0.25, 0.3) is 23.3 Å². The Labute approximate surface area is 210 Å². The van der Waals surface area contributed by atoms with Crippen molar-refractivity contribution in [2.75, 3.05) is 42.7 Å². The first-order valence-corrected chi connectivity index (χ1v) is 11.2. The standard InChI is InChI=1S/C29H28O7/c1-31-23-13-17(14-24(32-2)28(23)35-5)11-21-19-9-7-8-10-20(19)22(27(21)30)12-18-15-25(33-3)29(36-6)26(16-18)34-4/h7-16H,1-6H3/b21-11-,22-12+. The minimum atomic E-state index is -0.0984. The Balaban J connectivity index is 1.86. The van der Waals surface area contributed by atoms with Crippen LogP contribution < -0.4 is 28.4 Å². The van der Waals surface area contributed by atoms with Gasteiger partial charge in [-0.1, -0.05) is 24.3 Å². The SMILES string of the molecule is COc1cc(/C=C2\C(=O)/C(=C/c3cc(OC)c(OC)c(OC)c3)c3ccccc32)cc(OC)c1OC. The van der Waals surface area contributed by atoms with Crippen molar-refractivity contribution < 1.29 is 33.2 Å². The fourth-order valence-corrected chi connectivity index (χ4v) is 4.33. The molecule has 7 heteroatoms. The van der Waals surface area contributed by atoms with Crippen LogP contribution in [0.15, 0.2) is 48.5 Å². The quantitative estimate of drug-likeness (QED) is 0.393. The summed E-state index contributed by atoms with van der Waals surface area (Å²) in [5.41, 5.74) is 4.32. The van der Waals surface area contributed by atoms with Gasteiger partial charge < -0.3 is 28.4 Å². The second kappa shape index (κ2) is 10.5. The Kier molecular flexibility index (Phi) is 7.20. The smallest absolute Gasteiger partial charge is 0.203 e. The highest BCUT2D eigenvalue weighted by atomic mass is 16.5. The van der Waals surface area contributed by atoms with E-state index in [1.807, 2.05) is 60.7 Å². The van der Waals surface area contributed by atoms with Crippen LogP contribution in [0, 0.1) is 0 Å². The zero-order valence-corrected chi connectivity index (χ0v) is 21.1. The van der Waals surface area contributed by atoms with Crippen LogP contribution in [0.1, 0.15) is 22.3 Å². The molecule has 0 atom stereocenters. The second-order valence-corrected chi connectivity index (χ2v) is 7.91. The van der Waals surface area contributed by atoms with Gasteiger partial charge in [0.05, 0.1) is 42.7 Å². The lowest BCUT2D eigenvalue weighted by Gasteiger charge is -2.13. The predicted octanol–water partition coefficient (Wildman–Crippen LogP) is 5.40. The van der Waals surface area contributed by atoms with Crippen LogP contribution >= 0.6 is 0 Å². The van der Waals surface area contributed by atoms with Gasteiger partial charge >= 0.3 is 0 Å². The number of benzene rings is 3. The van der Waals surface area contributed by atoms with Gasteiger partial charge in [0.25, 0.3) is 0 Å². The summed E-state index contributed by atoms with van der Waals surface area (Å²) in [6, 6.07) is 14.9. The highest BCUT2D eigenvalue weighted by Crippen LogP contribution is 2.44. The lowest BCUT2D eigenvalue weighted by Crippen LogP contribution is -1.98. The molecule has 4 rings (SSSR count). The molecule has 0 spiro atoms. The van der Waals surface area contributed by atoms with E-state index in [1.165, 1.54) is 0 Å². The summed E-state index contributed by atoms with van der Waals surface area (Å²) in [4.78, 5) is 13.7. The molecule has 0 aliphatic heterocycles. The van der Waals surface area contributed by atoms with Gasteiger partial charge in [0, 0.05) is 11.1 Å². The number of allylic oxidation sites excluding steroid dienone is 2. The maximum Gasteiger partial charge on any atom is 0.203 e. The zero-order chi connectivity index (χ0) is 25.8. The Morgan fingerprint density at radius 1 is 0.528 bits per heavy atom. The molecule has 0 saturated carbocycles. The maximum atomic E-state index is 13.7. The monoisotopic (exact) mass is 488 g/mol. The molecule has 7 nitrogen and oxygen atoms in total. The summed E-state index contributed by atoms with van der Waals surface area (Å²) in [5.74, 6) is 2.92. The Hall–Kier alpha value is -4.39. The van der Waals surface area contributed by atoms with Crippen molar-refractivity contribution in [1.82, 2.24) is 0 Å². The van der Waals surface area contributed by atoms with Crippen molar-refractivity contribution in [2.24, 2.45) is 0 Å². The van der Waals surface area contributed by atoms with Crippen molar-refractivity contribution in [3.05, 3.63) is 70.8 Å². The third-order valence-electron chi connectivity index (χ3n) is 5.99. The van der Waals surface area contributed by atoms with Gasteiger partial charge in [-0.25, -0.2) is 0 Å². The lowest BCUT2D eigenvalue weighted by atomic mass is 10.0. The first kappa shape index (κ1) is 24.7. The van der Waals surface area contributed by atoms with Gasteiger partial charge in [-0.2, -0.15) is 0 Å². The topological polar surface area (TPSA) is 72.5 Å². The van der Waals surface area contributed by atoms with E-state index in [1.54, 1.807) is 42.7 Å². The first-order valence-electron chi connectivity index (χ1n) is 11.2. The van der Waals surface area contributed by atoms with Crippen LogP contribution in [0.3, 0.4) is 0 Å². The number of hydrogen-bond donors (Lipinski definition) is 0. The van der Waals surface area contributed by atoms with Crippen molar-refractivity contribution in [3.8, 4) is 34.5 Å². The highest BCUT2D eigenvalue weighted by Gasteiger charge is 2.30. The minimum Gasteiger partial charge on any atom is -0.493 e. The molecule has 3 aromatic carbocycles. The largest absolute Gasteiger partial charge is 0.493 e. The summed E-state index contributed by atoms with van der Waals surface area (Å²) in [7, 11) is 9.33. The molecule has 0 amide bonds. The molecule has 0 aromatic heterocycles. The summed E-state index contributed by atoms with van der Waals surface area (Å²) in [6.45, 7) is 0. The number of carbonyl (C=O) groups excluding carboxylic acids is 1. The number of ether oxygens (including phenoxy) is 6. The van der Waals surface area contributed by atoms with E-state index in [0.717, 1.165) is 22.3 Å². The molecule has 0 heterocycles. The molecule has 186 valence electrons. The number of rotatable bonds is 8. The minimum absolute atomic E-state index is 0.0984. The number of ketones is 1. The Morgan fingerprint density at radius 2 is 0.861 bits per heavy atom.